The maximum Gasteiger partial charge on any atom is 0.312 e. The highest BCUT2D eigenvalue weighted by molar-refractivity contribution is 6.04. The molecule has 8 nitrogen and oxygen atoms in total. The summed E-state index contributed by atoms with van der Waals surface area (Å²) in [5.41, 5.74) is 1.88. The fourth-order valence-electron chi connectivity index (χ4n) is 3.27. The van der Waals surface area contributed by atoms with E-state index < -0.39 is 18.4 Å². The number of hydrogen-bond acceptors (Lipinski definition) is 6. The number of hydrogen-bond donors (Lipinski definition) is 2. The summed E-state index contributed by atoms with van der Waals surface area (Å²) in [7, 11) is 0. The van der Waals surface area contributed by atoms with Crippen LogP contribution in [0.1, 0.15) is 44.7 Å². The number of aryl methyl sites for hydroxylation is 1. The molecule has 0 bridgehead atoms. The van der Waals surface area contributed by atoms with Crippen LogP contribution >= 0.6 is 0 Å². The molecule has 2 N–H and O–H groups in total. The van der Waals surface area contributed by atoms with Gasteiger partial charge in [-0.15, -0.1) is 0 Å². The van der Waals surface area contributed by atoms with Gasteiger partial charge in [-0.1, -0.05) is 18.2 Å². The van der Waals surface area contributed by atoms with Gasteiger partial charge in [0.05, 0.1) is 23.2 Å². The van der Waals surface area contributed by atoms with Crippen molar-refractivity contribution < 1.29 is 19.1 Å². The topological polar surface area (TPSA) is 122 Å². The Labute approximate surface area is 159 Å². The summed E-state index contributed by atoms with van der Waals surface area (Å²) in [6.45, 7) is 4.35. The van der Waals surface area contributed by atoms with Gasteiger partial charge < -0.3 is 9.72 Å². The van der Waals surface area contributed by atoms with Gasteiger partial charge in [0.2, 0.25) is 5.78 Å². The molecule has 0 saturated carbocycles. The Morgan fingerprint density at radius 2 is 1.79 bits per heavy atom. The third-order valence-electron chi connectivity index (χ3n) is 4.52. The third kappa shape index (κ3) is 3.62. The van der Waals surface area contributed by atoms with Crippen molar-refractivity contribution in [1.29, 1.82) is 0 Å². The summed E-state index contributed by atoms with van der Waals surface area (Å²) in [6, 6.07) is 6.79. The predicted octanol–water partition coefficient (Wildman–Crippen LogP) is 2.04. The van der Waals surface area contributed by atoms with Gasteiger partial charge in [-0.05, 0) is 32.4 Å². The Balaban J connectivity index is 1.71. The van der Waals surface area contributed by atoms with Gasteiger partial charge in [-0.25, -0.2) is 5.10 Å². The molecule has 3 aromatic rings. The first-order valence-electron chi connectivity index (χ1n) is 8.64. The van der Waals surface area contributed by atoms with Crippen molar-refractivity contribution in [1.82, 2.24) is 15.2 Å². The highest BCUT2D eigenvalue weighted by Gasteiger charge is 2.21. The Kier molecular flexibility index (Phi) is 5.21. The minimum absolute atomic E-state index is 0.140. The molecule has 3 rings (SSSR count). The molecule has 0 aliphatic carbocycles. The zero-order chi connectivity index (χ0) is 20.4. The number of aromatic amines is 2. The maximum absolute atomic E-state index is 12.4. The van der Waals surface area contributed by atoms with Crippen molar-refractivity contribution in [3.63, 3.8) is 0 Å². The lowest BCUT2D eigenvalue weighted by Gasteiger charge is -2.06. The van der Waals surface area contributed by atoms with E-state index >= 15 is 0 Å². The number of carbonyl (C=O) groups is 3. The number of ether oxygens (including phenoxy) is 1. The van der Waals surface area contributed by atoms with E-state index in [9.17, 15) is 19.2 Å². The zero-order valence-corrected chi connectivity index (χ0v) is 15.7. The molecular weight excluding hydrogens is 362 g/mol. The van der Waals surface area contributed by atoms with E-state index in [1.54, 1.807) is 38.1 Å². The number of aromatic nitrogens is 3. The van der Waals surface area contributed by atoms with Crippen molar-refractivity contribution in [3.8, 4) is 0 Å². The Bertz CT molecular complexity index is 1160. The van der Waals surface area contributed by atoms with E-state index in [1.807, 2.05) is 0 Å². The van der Waals surface area contributed by atoms with Gasteiger partial charge in [0.1, 0.15) is 0 Å². The number of nitrogens with zero attached hydrogens (tertiary/aromatic N) is 1. The van der Waals surface area contributed by atoms with Crippen LogP contribution in [0.4, 0.5) is 0 Å². The highest BCUT2D eigenvalue weighted by atomic mass is 16.5. The lowest BCUT2D eigenvalue weighted by Crippen LogP contribution is -2.19. The largest absolute Gasteiger partial charge is 0.457 e. The van der Waals surface area contributed by atoms with Crippen LogP contribution in [-0.2, 0) is 16.0 Å². The van der Waals surface area contributed by atoms with Crippen LogP contribution in [0.15, 0.2) is 29.1 Å². The van der Waals surface area contributed by atoms with E-state index in [2.05, 4.69) is 15.2 Å². The molecule has 1 aromatic carbocycles. The average Bonchev–Trinajstić information content (AvgIpc) is 2.96. The Hall–Kier alpha value is -3.55. The fourth-order valence-corrected chi connectivity index (χ4v) is 3.27. The molecule has 8 heteroatoms. The number of ketones is 2. The molecule has 0 radical (unpaired) electrons. The van der Waals surface area contributed by atoms with Crippen LogP contribution < -0.4 is 5.56 Å². The zero-order valence-electron chi connectivity index (χ0n) is 15.7. The summed E-state index contributed by atoms with van der Waals surface area (Å²) in [4.78, 5) is 50.9. The summed E-state index contributed by atoms with van der Waals surface area (Å²) in [6.07, 6.45) is -0.188. The smallest absolute Gasteiger partial charge is 0.312 e. The number of H-pyrrole nitrogens is 2. The third-order valence-corrected chi connectivity index (χ3v) is 4.52. The molecule has 0 aliphatic heterocycles. The van der Waals surface area contributed by atoms with E-state index in [1.165, 1.54) is 6.92 Å². The second-order valence-electron chi connectivity index (χ2n) is 6.49. The highest BCUT2D eigenvalue weighted by Crippen LogP contribution is 2.19. The molecule has 0 fully saturated rings. The van der Waals surface area contributed by atoms with Gasteiger partial charge >= 0.3 is 5.97 Å². The van der Waals surface area contributed by atoms with E-state index in [0.717, 1.165) is 0 Å². The lowest BCUT2D eigenvalue weighted by atomic mass is 10.1. The molecule has 144 valence electrons. The molecule has 0 saturated heterocycles. The summed E-state index contributed by atoms with van der Waals surface area (Å²) in [5, 5.41) is 7.24. The van der Waals surface area contributed by atoms with Gasteiger partial charge in [0.15, 0.2) is 12.4 Å². The van der Waals surface area contributed by atoms with Crippen LogP contribution in [0, 0.1) is 13.8 Å². The van der Waals surface area contributed by atoms with Gasteiger partial charge in [0.25, 0.3) is 5.56 Å². The number of Topliss-reactive ketones (excluding diaryl/α,β-unsaturated/α-hetero) is 2. The monoisotopic (exact) mass is 381 g/mol. The Morgan fingerprint density at radius 3 is 2.43 bits per heavy atom. The van der Waals surface area contributed by atoms with E-state index in [-0.39, 0.29) is 23.5 Å². The molecule has 0 aliphatic rings. The summed E-state index contributed by atoms with van der Waals surface area (Å²) >= 11 is 0. The van der Waals surface area contributed by atoms with E-state index in [4.69, 9.17) is 4.74 Å². The predicted molar refractivity (Wildman–Crippen MR) is 102 cm³/mol. The van der Waals surface area contributed by atoms with Crippen molar-refractivity contribution in [2.45, 2.75) is 27.2 Å². The fraction of sp³-hybridized carbons (Fsp3) is 0.250. The minimum Gasteiger partial charge on any atom is -0.457 e. The number of rotatable bonds is 6. The van der Waals surface area contributed by atoms with Crippen molar-refractivity contribution in [2.24, 2.45) is 0 Å². The quantitative estimate of drug-likeness (QED) is 0.498. The Morgan fingerprint density at radius 1 is 1.11 bits per heavy atom. The van der Waals surface area contributed by atoms with Crippen LogP contribution in [0.3, 0.4) is 0 Å². The van der Waals surface area contributed by atoms with Crippen molar-refractivity contribution >= 4 is 28.3 Å². The summed E-state index contributed by atoms with van der Waals surface area (Å²) in [5.74, 6) is -1.22. The second-order valence-corrected chi connectivity index (χ2v) is 6.49. The first kappa shape index (κ1) is 19.2. The maximum atomic E-state index is 12.4. The standard InChI is InChI=1S/C20H19N3O5/c1-10-18(12(3)24)11(2)21-19(10)16(25)9-28-17(26)8-15-13-6-4-5-7-14(13)20(27)23-22-15/h4-7,21H,8-9H2,1-3H3,(H,23,27). The molecule has 2 aromatic heterocycles. The van der Waals surface area contributed by atoms with Gasteiger partial charge in [-0.2, -0.15) is 5.10 Å². The number of nitrogens with one attached hydrogen (secondary N) is 2. The molecular formula is C20H19N3O5. The van der Waals surface area contributed by atoms with Crippen LogP contribution in [-0.4, -0.2) is 39.3 Å². The number of fused-ring (bicyclic) bond motifs is 1. The SMILES string of the molecule is CC(=O)c1c(C)[nH]c(C(=O)COC(=O)Cc2n[nH]c(=O)c3ccccc23)c1C. The van der Waals surface area contributed by atoms with Crippen molar-refractivity contribution in [2.75, 3.05) is 6.61 Å². The molecule has 0 spiro atoms. The first-order valence-corrected chi connectivity index (χ1v) is 8.64. The molecule has 2 heterocycles. The van der Waals surface area contributed by atoms with Gasteiger partial charge in [0, 0.05) is 16.6 Å². The lowest BCUT2D eigenvalue weighted by molar-refractivity contribution is -0.141. The minimum atomic E-state index is -0.647. The van der Waals surface area contributed by atoms with Crippen LogP contribution in [0.25, 0.3) is 10.8 Å². The normalized spacial score (nSPS) is 10.8. The first-order chi connectivity index (χ1) is 13.3. The number of carbonyl (C=O) groups excluding carboxylic acids is 3. The number of esters is 1. The van der Waals surface area contributed by atoms with Crippen LogP contribution in [0.5, 0.6) is 0 Å². The number of benzene rings is 1. The van der Waals surface area contributed by atoms with E-state index in [0.29, 0.717) is 33.3 Å². The second kappa shape index (κ2) is 7.59. The molecule has 28 heavy (non-hydrogen) atoms. The van der Waals surface area contributed by atoms with Crippen molar-refractivity contribution in [3.05, 3.63) is 62.8 Å². The summed E-state index contributed by atoms with van der Waals surface area (Å²) < 4.78 is 5.08. The average molecular weight is 381 g/mol. The molecule has 0 atom stereocenters. The van der Waals surface area contributed by atoms with Crippen LogP contribution in [0.2, 0.25) is 0 Å². The van der Waals surface area contributed by atoms with Gasteiger partial charge in [-0.3, -0.25) is 19.2 Å². The molecule has 0 unspecified atom stereocenters. The molecule has 0 amide bonds.